The van der Waals surface area contributed by atoms with Gasteiger partial charge in [0.05, 0.1) is 11.7 Å². The van der Waals surface area contributed by atoms with Gasteiger partial charge in [0.25, 0.3) is 0 Å². The summed E-state index contributed by atoms with van der Waals surface area (Å²) >= 11 is 0. The molecule has 0 saturated heterocycles. The molecule has 2 heterocycles. The van der Waals surface area contributed by atoms with Crippen LogP contribution in [0.3, 0.4) is 0 Å². The van der Waals surface area contributed by atoms with E-state index in [0.29, 0.717) is 0 Å². The standard InChI is InChI=1S/C18H20N4/c1-2-6-13(7-3-1)10-11-19-18-17-15(12-20-22-18)14-8-4-5-9-16(14)21-17/h4-6,8-9,12,21H,1-3,7,10-11H2,(H,19,22). The summed E-state index contributed by atoms with van der Waals surface area (Å²) in [5, 5.41) is 14.2. The summed E-state index contributed by atoms with van der Waals surface area (Å²) in [6.07, 6.45) is 10.5. The molecule has 0 unspecified atom stereocenters. The van der Waals surface area contributed by atoms with Crippen LogP contribution in [0.25, 0.3) is 21.8 Å². The van der Waals surface area contributed by atoms with Gasteiger partial charge in [-0.15, -0.1) is 5.10 Å². The third kappa shape index (κ3) is 2.45. The molecule has 0 spiro atoms. The first-order chi connectivity index (χ1) is 10.9. The molecule has 22 heavy (non-hydrogen) atoms. The van der Waals surface area contributed by atoms with Crippen molar-refractivity contribution < 1.29 is 0 Å². The first-order valence-corrected chi connectivity index (χ1v) is 8.06. The Labute approximate surface area is 129 Å². The molecule has 0 saturated carbocycles. The van der Waals surface area contributed by atoms with Crippen LogP contribution in [0.15, 0.2) is 42.1 Å². The topological polar surface area (TPSA) is 53.6 Å². The van der Waals surface area contributed by atoms with E-state index < -0.39 is 0 Å². The van der Waals surface area contributed by atoms with E-state index in [0.717, 1.165) is 35.2 Å². The van der Waals surface area contributed by atoms with Crippen molar-refractivity contribution in [3.8, 4) is 0 Å². The van der Waals surface area contributed by atoms with E-state index in [-0.39, 0.29) is 0 Å². The molecule has 4 rings (SSSR count). The molecule has 0 radical (unpaired) electrons. The maximum atomic E-state index is 4.27. The van der Waals surface area contributed by atoms with Crippen LogP contribution < -0.4 is 5.32 Å². The van der Waals surface area contributed by atoms with Crippen molar-refractivity contribution in [1.82, 2.24) is 15.2 Å². The highest BCUT2D eigenvalue weighted by Crippen LogP contribution is 2.28. The van der Waals surface area contributed by atoms with Crippen molar-refractivity contribution in [2.24, 2.45) is 0 Å². The zero-order valence-electron chi connectivity index (χ0n) is 12.6. The van der Waals surface area contributed by atoms with Gasteiger partial charge >= 0.3 is 0 Å². The number of hydrogen-bond acceptors (Lipinski definition) is 3. The Bertz CT molecular complexity index is 831. The first-order valence-electron chi connectivity index (χ1n) is 8.06. The number of aromatic nitrogens is 3. The fourth-order valence-electron chi connectivity index (χ4n) is 3.28. The average Bonchev–Trinajstić information content (AvgIpc) is 2.96. The maximum absolute atomic E-state index is 4.27. The second-order valence-electron chi connectivity index (χ2n) is 5.94. The highest BCUT2D eigenvalue weighted by molar-refractivity contribution is 6.09. The van der Waals surface area contributed by atoms with E-state index in [1.54, 1.807) is 5.57 Å². The van der Waals surface area contributed by atoms with Crippen LogP contribution in [-0.4, -0.2) is 21.7 Å². The van der Waals surface area contributed by atoms with Crippen LogP contribution in [0.5, 0.6) is 0 Å². The number of hydrogen-bond donors (Lipinski definition) is 2. The van der Waals surface area contributed by atoms with E-state index >= 15 is 0 Å². The Kier molecular flexibility index (Phi) is 3.51. The van der Waals surface area contributed by atoms with E-state index in [2.05, 4.69) is 44.8 Å². The molecule has 0 fully saturated rings. The van der Waals surface area contributed by atoms with Crippen molar-refractivity contribution >= 4 is 27.6 Å². The molecule has 1 aromatic carbocycles. The molecule has 4 nitrogen and oxygen atoms in total. The number of fused-ring (bicyclic) bond motifs is 3. The van der Waals surface area contributed by atoms with Gasteiger partial charge in [0.1, 0.15) is 0 Å². The van der Waals surface area contributed by atoms with Crippen molar-refractivity contribution in [2.45, 2.75) is 32.1 Å². The lowest BCUT2D eigenvalue weighted by atomic mass is 9.97. The van der Waals surface area contributed by atoms with Crippen molar-refractivity contribution in [2.75, 3.05) is 11.9 Å². The number of para-hydroxylation sites is 1. The lowest BCUT2D eigenvalue weighted by molar-refractivity contribution is 0.679. The number of anilines is 1. The zero-order valence-corrected chi connectivity index (χ0v) is 12.6. The largest absolute Gasteiger partial charge is 0.367 e. The minimum Gasteiger partial charge on any atom is -0.367 e. The summed E-state index contributed by atoms with van der Waals surface area (Å²) < 4.78 is 0. The number of aromatic amines is 1. The second-order valence-corrected chi connectivity index (χ2v) is 5.94. The number of allylic oxidation sites excluding steroid dienone is 1. The van der Waals surface area contributed by atoms with Gasteiger partial charge in [0, 0.05) is 22.8 Å². The molecule has 0 amide bonds. The van der Waals surface area contributed by atoms with Crippen molar-refractivity contribution in [1.29, 1.82) is 0 Å². The van der Waals surface area contributed by atoms with Crippen LogP contribution in [0.4, 0.5) is 5.82 Å². The Morgan fingerprint density at radius 2 is 2.09 bits per heavy atom. The average molecular weight is 292 g/mol. The Balaban J connectivity index is 1.57. The van der Waals surface area contributed by atoms with Crippen LogP contribution in [0.2, 0.25) is 0 Å². The van der Waals surface area contributed by atoms with Gasteiger partial charge in [0.2, 0.25) is 0 Å². The number of nitrogens with one attached hydrogen (secondary N) is 2. The van der Waals surface area contributed by atoms with Crippen LogP contribution in [0.1, 0.15) is 32.1 Å². The molecule has 0 aliphatic heterocycles. The fourth-order valence-corrected chi connectivity index (χ4v) is 3.28. The van der Waals surface area contributed by atoms with Gasteiger partial charge in [-0.3, -0.25) is 0 Å². The molecular formula is C18H20N4. The Morgan fingerprint density at radius 1 is 1.14 bits per heavy atom. The van der Waals surface area contributed by atoms with Crippen LogP contribution in [-0.2, 0) is 0 Å². The monoisotopic (exact) mass is 292 g/mol. The molecule has 112 valence electrons. The number of rotatable bonds is 4. The van der Waals surface area contributed by atoms with Gasteiger partial charge < -0.3 is 10.3 Å². The maximum Gasteiger partial charge on any atom is 0.173 e. The third-order valence-electron chi connectivity index (χ3n) is 4.45. The third-order valence-corrected chi connectivity index (χ3v) is 4.45. The van der Waals surface area contributed by atoms with E-state index in [9.17, 15) is 0 Å². The summed E-state index contributed by atoms with van der Waals surface area (Å²) in [5.74, 6) is 0.852. The quantitative estimate of drug-likeness (QED) is 0.700. The SMILES string of the molecule is C1=C(CCNc2nncc3c2[nH]c2ccccc23)CCCC1. The smallest absolute Gasteiger partial charge is 0.173 e. The van der Waals surface area contributed by atoms with Gasteiger partial charge in [-0.25, -0.2) is 0 Å². The lowest BCUT2D eigenvalue weighted by Crippen LogP contribution is -2.06. The molecule has 2 N–H and O–H groups in total. The minimum atomic E-state index is 0.852. The van der Waals surface area contributed by atoms with Gasteiger partial charge in [-0.2, -0.15) is 5.10 Å². The molecule has 1 aliphatic rings. The van der Waals surface area contributed by atoms with E-state index in [1.807, 2.05) is 12.3 Å². The molecule has 2 aromatic heterocycles. The molecule has 0 bridgehead atoms. The normalized spacial score (nSPS) is 15.2. The summed E-state index contributed by atoms with van der Waals surface area (Å²) in [6.45, 7) is 0.912. The highest BCUT2D eigenvalue weighted by Gasteiger charge is 2.10. The molecular weight excluding hydrogens is 272 g/mol. The van der Waals surface area contributed by atoms with Crippen LogP contribution >= 0.6 is 0 Å². The second kappa shape index (κ2) is 5.79. The summed E-state index contributed by atoms with van der Waals surface area (Å²) in [6, 6.07) is 8.30. The number of benzene rings is 1. The number of nitrogens with zero attached hydrogens (tertiary/aromatic N) is 2. The predicted octanol–water partition coefficient (Wildman–Crippen LogP) is 4.41. The lowest BCUT2D eigenvalue weighted by Gasteiger charge is -2.13. The summed E-state index contributed by atoms with van der Waals surface area (Å²) in [5.41, 5.74) is 3.76. The van der Waals surface area contributed by atoms with Gasteiger partial charge in [-0.05, 0) is 38.2 Å². The number of H-pyrrole nitrogens is 1. The van der Waals surface area contributed by atoms with Crippen LogP contribution in [0, 0.1) is 0 Å². The summed E-state index contributed by atoms with van der Waals surface area (Å²) in [4.78, 5) is 3.46. The predicted molar refractivity (Wildman–Crippen MR) is 91.1 cm³/mol. The Morgan fingerprint density at radius 3 is 3.00 bits per heavy atom. The van der Waals surface area contributed by atoms with E-state index in [4.69, 9.17) is 0 Å². The fraction of sp³-hybridized carbons (Fsp3) is 0.333. The molecule has 0 atom stereocenters. The van der Waals surface area contributed by atoms with Gasteiger partial charge in [0.15, 0.2) is 5.82 Å². The van der Waals surface area contributed by atoms with Gasteiger partial charge in [-0.1, -0.05) is 29.8 Å². The minimum absolute atomic E-state index is 0.852. The van der Waals surface area contributed by atoms with Crippen molar-refractivity contribution in [3.05, 3.63) is 42.1 Å². The van der Waals surface area contributed by atoms with E-state index in [1.165, 1.54) is 31.1 Å². The molecule has 4 heteroatoms. The Hall–Kier alpha value is -2.36. The molecule has 3 aromatic rings. The molecule has 1 aliphatic carbocycles. The summed E-state index contributed by atoms with van der Waals surface area (Å²) in [7, 11) is 0. The highest BCUT2D eigenvalue weighted by atomic mass is 15.2. The first kappa shape index (κ1) is 13.3. The van der Waals surface area contributed by atoms with Crippen molar-refractivity contribution in [3.63, 3.8) is 0 Å². The zero-order chi connectivity index (χ0) is 14.8.